The third-order valence-corrected chi connectivity index (χ3v) is 6.30. The number of aromatic nitrogens is 1. The minimum Gasteiger partial charge on any atom is -0.377 e. The van der Waals surface area contributed by atoms with Crippen LogP contribution in [0.1, 0.15) is 31.2 Å². The van der Waals surface area contributed by atoms with Crippen LogP contribution < -0.4 is 15.5 Å². The van der Waals surface area contributed by atoms with Crippen LogP contribution in [0, 0.1) is 5.92 Å². The number of halogens is 1. The van der Waals surface area contributed by atoms with Crippen molar-refractivity contribution < 1.29 is 0 Å². The molecule has 4 nitrogen and oxygen atoms in total. The second kappa shape index (κ2) is 9.67. The molecule has 3 aromatic rings. The van der Waals surface area contributed by atoms with Crippen LogP contribution in [0.15, 0.2) is 54.6 Å². The van der Waals surface area contributed by atoms with Crippen molar-refractivity contribution in [2.75, 3.05) is 30.9 Å². The summed E-state index contributed by atoms with van der Waals surface area (Å²) in [4.78, 5) is 7.03. The molecule has 158 valence electrons. The number of fused-ring (bicyclic) bond motifs is 1. The molecule has 0 saturated heterocycles. The molecule has 1 fully saturated rings. The summed E-state index contributed by atoms with van der Waals surface area (Å²) in [7, 11) is 4.18. The summed E-state index contributed by atoms with van der Waals surface area (Å²) in [5, 5.41) is 9.31. The maximum Gasteiger partial charge on any atom is 0.128 e. The van der Waals surface area contributed by atoms with Crippen LogP contribution in [-0.4, -0.2) is 31.7 Å². The zero-order chi connectivity index (χ0) is 20.9. The van der Waals surface area contributed by atoms with Crippen LogP contribution in [-0.2, 0) is 6.54 Å². The second-order valence-corrected chi connectivity index (χ2v) is 8.99. The van der Waals surface area contributed by atoms with Crippen LogP contribution in [0.2, 0.25) is 5.02 Å². The predicted octanol–water partition coefficient (Wildman–Crippen LogP) is 5.71. The Labute approximate surface area is 184 Å². The summed E-state index contributed by atoms with van der Waals surface area (Å²) in [6.07, 6.45) is 4.89. The summed E-state index contributed by atoms with van der Waals surface area (Å²) in [6.45, 7) is 1.98. The predicted molar refractivity (Wildman–Crippen MR) is 129 cm³/mol. The van der Waals surface area contributed by atoms with E-state index < -0.39 is 0 Å². The van der Waals surface area contributed by atoms with Gasteiger partial charge in [0.05, 0.1) is 5.52 Å². The van der Waals surface area contributed by atoms with Crippen LogP contribution in [0.3, 0.4) is 0 Å². The molecule has 0 amide bonds. The number of nitrogens with one attached hydrogen (secondary N) is 2. The zero-order valence-electron chi connectivity index (χ0n) is 17.9. The third kappa shape index (κ3) is 5.24. The molecule has 5 heteroatoms. The lowest BCUT2D eigenvalue weighted by Gasteiger charge is -2.30. The van der Waals surface area contributed by atoms with E-state index in [9.17, 15) is 0 Å². The molecule has 0 bridgehead atoms. The third-order valence-electron chi connectivity index (χ3n) is 6.05. The molecule has 30 heavy (non-hydrogen) atoms. The van der Waals surface area contributed by atoms with E-state index in [4.69, 9.17) is 16.6 Å². The number of nitrogens with zero attached hydrogens (tertiary/aromatic N) is 2. The first-order valence-electron chi connectivity index (χ1n) is 10.9. The normalized spacial score (nSPS) is 19.0. The molecular formula is C25H31ClN4. The Bertz CT molecular complexity index is 963. The second-order valence-electron chi connectivity index (χ2n) is 8.56. The Morgan fingerprint density at radius 2 is 1.73 bits per heavy atom. The summed E-state index contributed by atoms with van der Waals surface area (Å²) in [5.41, 5.74) is 3.54. The summed E-state index contributed by atoms with van der Waals surface area (Å²) in [6, 6.07) is 19.1. The topological polar surface area (TPSA) is 40.2 Å². The maximum absolute atomic E-state index is 5.96. The fourth-order valence-electron chi connectivity index (χ4n) is 4.34. The number of benzene rings is 2. The monoisotopic (exact) mass is 422 g/mol. The minimum absolute atomic E-state index is 0.501. The molecule has 0 aliphatic heterocycles. The SMILES string of the molecule is CN(C)c1cc(NC2CCC(CNCc3ccc(Cl)cc3)CC2)nc2ccccc12. The number of hydrogen-bond acceptors (Lipinski definition) is 4. The number of hydrogen-bond donors (Lipinski definition) is 2. The zero-order valence-corrected chi connectivity index (χ0v) is 18.6. The van der Waals surface area contributed by atoms with Crippen LogP contribution >= 0.6 is 11.6 Å². The standard InChI is InChI=1S/C25H31ClN4/c1-30(2)24-15-25(29-23-6-4-3-5-22(23)24)28-21-13-9-19(10-14-21)17-27-16-18-7-11-20(26)12-8-18/h3-8,11-12,15,19,21,27H,9-10,13-14,16-17H2,1-2H3,(H,28,29). The van der Waals surface area contributed by atoms with Crippen molar-refractivity contribution >= 4 is 34.0 Å². The van der Waals surface area contributed by atoms with E-state index in [0.29, 0.717) is 6.04 Å². The van der Waals surface area contributed by atoms with Crippen LogP contribution in [0.4, 0.5) is 11.5 Å². The van der Waals surface area contributed by atoms with E-state index in [1.54, 1.807) is 0 Å². The average molecular weight is 423 g/mol. The number of pyridine rings is 1. The Balaban J connectivity index is 1.29. The molecule has 1 aromatic heterocycles. The van der Waals surface area contributed by atoms with Gasteiger partial charge in [-0.3, -0.25) is 0 Å². The van der Waals surface area contributed by atoms with Crippen molar-refractivity contribution in [3.8, 4) is 0 Å². The first kappa shape index (κ1) is 21.0. The van der Waals surface area contributed by atoms with Gasteiger partial charge in [0, 0.05) is 48.8 Å². The fourth-order valence-corrected chi connectivity index (χ4v) is 4.47. The van der Waals surface area contributed by atoms with Gasteiger partial charge in [-0.2, -0.15) is 0 Å². The van der Waals surface area contributed by atoms with Crippen molar-refractivity contribution in [2.24, 2.45) is 5.92 Å². The molecule has 1 aliphatic rings. The molecule has 0 radical (unpaired) electrons. The van der Waals surface area contributed by atoms with E-state index in [2.05, 4.69) is 72.1 Å². The largest absolute Gasteiger partial charge is 0.377 e. The van der Waals surface area contributed by atoms with Crippen molar-refractivity contribution in [1.29, 1.82) is 0 Å². The molecule has 2 N–H and O–H groups in total. The number of para-hydroxylation sites is 1. The van der Waals surface area contributed by atoms with Crippen LogP contribution in [0.25, 0.3) is 10.9 Å². The number of rotatable bonds is 7. The van der Waals surface area contributed by atoms with Gasteiger partial charge in [-0.1, -0.05) is 41.9 Å². The highest BCUT2D eigenvalue weighted by molar-refractivity contribution is 6.30. The van der Waals surface area contributed by atoms with Crippen molar-refractivity contribution in [2.45, 2.75) is 38.3 Å². The van der Waals surface area contributed by atoms with E-state index in [1.807, 2.05) is 12.1 Å². The lowest BCUT2D eigenvalue weighted by molar-refractivity contribution is 0.324. The maximum atomic E-state index is 5.96. The first-order chi connectivity index (χ1) is 14.6. The molecule has 2 aromatic carbocycles. The fraction of sp³-hybridized carbons (Fsp3) is 0.400. The minimum atomic E-state index is 0.501. The molecule has 4 rings (SSSR count). The quantitative estimate of drug-likeness (QED) is 0.511. The van der Waals surface area contributed by atoms with E-state index in [-0.39, 0.29) is 0 Å². The molecule has 1 heterocycles. The molecular weight excluding hydrogens is 392 g/mol. The highest BCUT2D eigenvalue weighted by Crippen LogP contribution is 2.30. The van der Waals surface area contributed by atoms with Gasteiger partial charge in [-0.25, -0.2) is 4.98 Å². The van der Waals surface area contributed by atoms with Gasteiger partial charge < -0.3 is 15.5 Å². The highest BCUT2D eigenvalue weighted by Gasteiger charge is 2.21. The van der Waals surface area contributed by atoms with Crippen molar-refractivity contribution in [3.05, 3.63) is 65.2 Å². The molecule has 0 spiro atoms. The van der Waals surface area contributed by atoms with Gasteiger partial charge in [-0.15, -0.1) is 0 Å². The summed E-state index contributed by atoms with van der Waals surface area (Å²) in [5.74, 6) is 1.74. The summed E-state index contributed by atoms with van der Waals surface area (Å²) < 4.78 is 0. The van der Waals surface area contributed by atoms with E-state index >= 15 is 0 Å². The molecule has 1 aliphatic carbocycles. The van der Waals surface area contributed by atoms with E-state index in [1.165, 1.54) is 42.3 Å². The van der Waals surface area contributed by atoms with Gasteiger partial charge in [0.25, 0.3) is 0 Å². The van der Waals surface area contributed by atoms with Gasteiger partial charge in [0.1, 0.15) is 5.82 Å². The van der Waals surface area contributed by atoms with Crippen molar-refractivity contribution in [3.63, 3.8) is 0 Å². The van der Waals surface area contributed by atoms with Crippen molar-refractivity contribution in [1.82, 2.24) is 10.3 Å². The highest BCUT2D eigenvalue weighted by atomic mass is 35.5. The number of anilines is 2. The molecule has 0 atom stereocenters. The first-order valence-corrected chi connectivity index (χ1v) is 11.2. The molecule has 0 unspecified atom stereocenters. The summed E-state index contributed by atoms with van der Waals surface area (Å²) >= 11 is 5.96. The smallest absolute Gasteiger partial charge is 0.128 e. The Hall–Kier alpha value is -2.30. The van der Waals surface area contributed by atoms with Gasteiger partial charge >= 0.3 is 0 Å². The van der Waals surface area contributed by atoms with Crippen LogP contribution in [0.5, 0.6) is 0 Å². The van der Waals surface area contributed by atoms with Gasteiger partial charge in [0.2, 0.25) is 0 Å². The van der Waals surface area contributed by atoms with Gasteiger partial charge in [0.15, 0.2) is 0 Å². The Morgan fingerprint density at radius 1 is 1.00 bits per heavy atom. The Kier molecular flexibility index (Phi) is 6.76. The van der Waals surface area contributed by atoms with Gasteiger partial charge in [-0.05, 0) is 61.9 Å². The average Bonchev–Trinajstić information content (AvgIpc) is 2.76. The molecule has 1 saturated carbocycles. The lowest BCUT2D eigenvalue weighted by Crippen LogP contribution is -2.31. The van der Waals surface area contributed by atoms with E-state index in [0.717, 1.165) is 35.4 Å². The Morgan fingerprint density at radius 3 is 2.47 bits per heavy atom. The lowest BCUT2D eigenvalue weighted by atomic mass is 9.86.